The number of nitrogens with zero attached hydrogens (tertiary/aromatic N) is 2. The van der Waals surface area contributed by atoms with Crippen molar-refractivity contribution >= 4 is 33.4 Å². The molecule has 0 bridgehead atoms. The Morgan fingerprint density at radius 1 is 1.27 bits per heavy atom. The van der Waals surface area contributed by atoms with Gasteiger partial charge in [-0.2, -0.15) is 0 Å². The molecular weight excluding hydrogens is 398 g/mol. The number of thiazole rings is 1. The minimum Gasteiger partial charge on any atom is -0.459 e. The number of fused-ring (bicyclic) bond motifs is 1. The molecule has 1 aliphatic rings. The number of aromatic nitrogens is 2. The van der Waals surface area contributed by atoms with Gasteiger partial charge in [0.1, 0.15) is 5.69 Å². The Labute approximate surface area is 180 Å². The average molecular weight is 426 g/mol. The first-order valence-electron chi connectivity index (χ1n) is 10.4. The van der Waals surface area contributed by atoms with Crippen molar-refractivity contribution in [2.75, 3.05) is 13.1 Å². The lowest BCUT2D eigenvalue weighted by Crippen LogP contribution is -2.39. The number of rotatable bonds is 4. The van der Waals surface area contributed by atoms with E-state index in [1.54, 1.807) is 18.3 Å². The highest BCUT2D eigenvalue weighted by atomic mass is 32.1. The van der Waals surface area contributed by atoms with E-state index in [0.29, 0.717) is 35.6 Å². The van der Waals surface area contributed by atoms with Crippen molar-refractivity contribution in [2.24, 2.45) is 0 Å². The third-order valence-corrected chi connectivity index (χ3v) is 6.77. The maximum absolute atomic E-state index is 13.3. The fraction of sp³-hybridized carbons (Fsp3) is 0.435. The first-order valence-corrected chi connectivity index (χ1v) is 11.2. The lowest BCUT2D eigenvalue weighted by Gasteiger charge is -2.31. The molecule has 4 rings (SSSR count). The summed E-state index contributed by atoms with van der Waals surface area (Å²) >= 11 is 1.71. The summed E-state index contributed by atoms with van der Waals surface area (Å²) in [5.74, 6) is -0.215. The summed E-state index contributed by atoms with van der Waals surface area (Å²) in [5, 5.41) is 1.09. The summed E-state index contributed by atoms with van der Waals surface area (Å²) in [6.45, 7) is 8.60. The van der Waals surface area contributed by atoms with E-state index in [2.05, 4.69) is 11.1 Å². The van der Waals surface area contributed by atoms with Crippen molar-refractivity contribution in [1.29, 1.82) is 0 Å². The number of benzene rings is 1. The van der Waals surface area contributed by atoms with Crippen molar-refractivity contribution in [2.45, 2.75) is 52.6 Å². The number of aromatic amines is 1. The molecule has 0 spiro atoms. The normalized spacial score (nSPS) is 17.0. The maximum atomic E-state index is 13.3. The summed E-state index contributed by atoms with van der Waals surface area (Å²) < 4.78 is 6.53. The van der Waals surface area contributed by atoms with Crippen molar-refractivity contribution in [3.05, 3.63) is 51.8 Å². The van der Waals surface area contributed by atoms with Crippen LogP contribution in [0.25, 0.3) is 10.2 Å². The number of piperidine rings is 1. The fourth-order valence-electron chi connectivity index (χ4n) is 4.13. The Morgan fingerprint density at radius 3 is 2.77 bits per heavy atom. The van der Waals surface area contributed by atoms with Gasteiger partial charge in [0.15, 0.2) is 0 Å². The van der Waals surface area contributed by atoms with Crippen LogP contribution in [-0.2, 0) is 4.74 Å². The molecule has 1 amide bonds. The van der Waals surface area contributed by atoms with Gasteiger partial charge in [0.25, 0.3) is 5.91 Å². The van der Waals surface area contributed by atoms with Gasteiger partial charge in [0, 0.05) is 24.7 Å². The van der Waals surface area contributed by atoms with Gasteiger partial charge in [-0.1, -0.05) is 12.1 Å². The SMILES string of the molecule is Cc1[nH]c(C(=O)N2CCC[C@@H](c3nc4ccccc4s3)C2)c(C)c1C(=O)OC(C)C. The number of carbonyl (C=O) groups excluding carboxylic acids is 2. The molecule has 1 aliphatic heterocycles. The molecule has 1 aromatic carbocycles. The van der Waals surface area contributed by atoms with Crippen LogP contribution in [0.1, 0.15) is 69.7 Å². The molecule has 0 radical (unpaired) electrons. The number of hydrogen-bond acceptors (Lipinski definition) is 5. The van der Waals surface area contributed by atoms with Crippen LogP contribution in [0.5, 0.6) is 0 Å². The van der Waals surface area contributed by atoms with Crippen LogP contribution in [-0.4, -0.2) is 45.9 Å². The molecular formula is C23H27N3O3S. The summed E-state index contributed by atoms with van der Waals surface area (Å²) in [7, 11) is 0. The number of likely N-dealkylation sites (tertiary alicyclic amines) is 1. The van der Waals surface area contributed by atoms with E-state index in [9.17, 15) is 9.59 Å². The maximum Gasteiger partial charge on any atom is 0.340 e. The van der Waals surface area contributed by atoms with Crippen LogP contribution in [0.2, 0.25) is 0 Å². The average Bonchev–Trinajstić information content (AvgIpc) is 3.27. The standard InChI is InChI=1S/C23H27N3O3S/c1-13(2)29-23(28)19-14(3)20(24-15(19)4)22(27)26-11-7-8-16(12-26)21-25-17-9-5-6-10-18(17)30-21/h5-6,9-10,13,16,24H,7-8,11-12H2,1-4H3/t16-/m1/s1. The monoisotopic (exact) mass is 425 g/mol. The molecule has 0 saturated carbocycles. The van der Waals surface area contributed by atoms with Gasteiger partial charge < -0.3 is 14.6 Å². The zero-order valence-corrected chi connectivity index (χ0v) is 18.6. The summed E-state index contributed by atoms with van der Waals surface area (Å²) in [4.78, 5) is 35.6. The molecule has 30 heavy (non-hydrogen) atoms. The second kappa shape index (κ2) is 8.22. The van der Waals surface area contributed by atoms with Gasteiger partial charge in [0.05, 0.1) is 26.9 Å². The summed E-state index contributed by atoms with van der Waals surface area (Å²) in [6.07, 6.45) is 1.76. The zero-order valence-electron chi connectivity index (χ0n) is 17.8. The predicted octanol–water partition coefficient (Wildman–Crippen LogP) is 4.83. The molecule has 3 aromatic rings. The number of H-pyrrole nitrogens is 1. The molecule has 3 heterocycles. The van der Waals surface area contributed by atoms with Crippen molar-refractivity contribution in [3.8, 4) is 0 Å². The van der Waals surface area contributed by atoms with Crippen molar-refractivity contribution in [3.63, 3.8) is 0 Å². The van der Waals surface area contributed by atoms with Gasteiger partial charge in [-0.25, -0.2) is 9.78 Å². The molecule has 7 heteroatoms. The van der Waals surface area contributed by atoms with E-state index in [1.807, 2.05) is 43.9 Å². The number of aryl methyl sites for hydroxylation is 1. The van der Waals surface area contributed by atoms with E-state index in [1.165, 1.54) is 4.70 Å². The largest absolute Gasteiger partial charge is 0.459 e. The quantitative estimate of drug-likeness (QED) is 0.608. The van der Waals surface area contributed by atoms with Gasteiger partial charge in [-0.3, -0.25) is 4.79 Å². The third-order valence-electron chi connectivity index (χ3n) is 5.57. The second-order valence-corrected chi connectivity index (χ2v) is 9.25. The molecule has 6 nitrogen and oxygen atoms in total. The van der Waals surface area contributed by atoms with E-state index in [-0.39, 0.29) is 23.9 Å². The summed E-state index contributed by atoms with van der Waals surface area (Å²) in [6, 6.07) is 8.15. The molecule has 158 valence electrons. The lowest BCUT2D eigenvalue weighted by molar-refractivity contribution is 0.0376. The number of ether oxygens (including phenoxy) is 1. The first-order chi connectivity index (χ1) is 14.3. The van der Waals surface area contributed by atoms with Crippen LogP contribution < -0.4 is 0 Å². The van der Waals surface area contributed by atoms with E-state index >= 15 is 0 Å². The highest BCUT2D eigenvalue weighted by Gasteiger charge is 2.31. The van der Waals surface area contributed by atoms with Crippen LogP contribution >= 0.6 is 11.3 Å². The number of para-hydroxylation sites is 1. The lowest BCUT2D eigenvalue weighted by atomic mass is 9.98. The van der Waals surface area contributed by atoms with Gasteiger partial charge in [0.2, 0.25) is 0 Å². The first kappa shape index (κ1) is 20.6. The van der Waals surface area contributed by atoms with E-state index in [0.717, 1.165) is 23.4 Å². The molecule has 0 aliphatic carbocycles. The molecule has 1 saturated heterocycles. The number of hydrogen-bond donors (Lipinski definition) is 1. The second-order valence-electron chi connectivity index (χ2n) is 8.19. The van der Waals surface area contributed by atoms with E-state index < -0.39 is 0 Å². The predicted molar refractivity (Wildman–Crippen MR) is 118 cm³/mol. The number of nitrogens with one attached hydrogen (secondary N) is 1. The minimum absolute atomic E-state index is 0.0648. The highest BCUT2D eigenvalue weighted by molar-refractivity contribution is 7.18. The van der Waals surface area contributed by atoms with Gasteiger partial charge >= 0.3 is 5.97 Å². The van der Waals surface area contributed by atoms with Crippen molar-refractivity contribution in [1.82, 2.24) is 14.9 Å². The molecule has 1 atom stereocenters. The Bertz CT molecular complexity index is 1070. The van der Waals surface area contributed by atoms with E-state index in [4.69, 9.17) is 9.72 Å². The fourth-order valence-corrected chi connectivity index (χ4v) is 5.22. The zero-order chi connectivity index (χ0) is 21.4. The highest BCUT2D eigenvalue weighted by Crippen LogP contribution is 2.33. The van der Waals surface area contributed by atoms with Gasteiger partial charge in [-0.15, -0.1) is 11.3 Å². The Kier molecular flexibility index (Phi) is 5.64. The van der Waals surface area contributed by atoms with Crippen molar-refractivity contribution < 1.29 is 14.3 Å². The minimum atomic E-state index is -0.388. The Balaban J connectivity index is 1.55. The van der Waals surface area contributed by atoms with Crippen LogP contribution in [0.3, 0.4) is 0 Å². The Morgan fingerprint density at radius 2 is 2.03 bits per heavy atom. The van der Waals surface area contributed by atoms with Crippen LogP contribution in [0, 0.1) is 13.8 Å². The number of esters is 1. The summed E-state index contributed by atoms with van der Waals surface area (Å²) in [5.41, 5.74) is 3.29. The third kappa shape index (κ3) is 3.86. The molecule has 2 aromatic heterocycles. The Hall–Kier alpha value is -2.67. The van der Waals surface area contributed by atoms with Crippen LogP contribution in [0.4, 0.5) is 0 Å². The number of carbonyl (C=O) groups is 2. The van der Waals surface area contributed by atoms with Gasteiger partial charge in [-0.05, 0) is 58.2 Å². The molecule has 0 unspecified atom stereocenters. The molecule has 1 fully saturated rings. The number of amides is 1. The smallest absolute Gasteiger partial charge is 0.340 e. The van der Waals surface area contributed by atoms with Crippen LogP contribution in [0.15, 0.2) is 24.3 Å². The molecule has 1 N–H and O–H groups in total. The topological polar surface area (TPSA) is 75.3 Å².